The number of nitrogens with zero attached hydrogens (tertiary/aromatic N) is 7. The summed E-state index contributed by atoms with van der Waals surface area (Å²) in [5.41, 5.74) is 1.70. The largest absolute Gasteiger partial charge is 0.354 e. The van der Waals surface area contributed by atoms with Gasteiger partial charge in [-0.15, -0.1) is 21.5 Å². The van der Waals surface area contributed by atoms with Gasteiger partial charge in [0, 0.05) is 18.8 Å². The molecule has 1 fully saturated rings. The van der Waals surface area contributed by atoms with Crippen molar-refractivity contribution in [3.05, 3.63) is 48.0 Å². The highest BCUT2D eigenvalue weighted by molar-refractivity contribution is 7.18. The fourth-order valence-electron chi connectivity index (χ4n) is 3.70. The second-order valence-electron chi connectivity index (χ2n) is 7.28. The van der Waals surface area contributed by atoms with Crippen molar-refractivity contribution < 1.29 is 4.79 Å². The summed E-state index contributed by atoms with van der Waals surface area (Å²) in [6, 6.07) is 9.64. The standard InChI is InChI=1S/C20H20N8OS/c1-13-23-16-9-15(4-5-17(16)30-13)24-20(29)14-3-2-8-27(10-14)18-6-7-19(26-25-18)28-12-21-11-22-28/h4-7,9,11-12,14H,2-3,8,10H2,1H3,(H,24,29)/t14-/m1/s1. The van der Waals surface area contributed by atoms with Gasteiger partial charge < -0.3 is 10.2 Å². The predicted octanol–water partition coefficient (Wildman–Crippen LogP) is 2.83. The highest BCUT2D eigenvalue weighted by Gasteiger charge is 2.27. The zero-order valence-corrected chi connectivity index (χ0v) is 17.2. The fraction of sp³-hybridized carbons (Fsp3) is 0.300. The van der Waals surface area contributed by atoms with E-state index in [4.69, 9.17) is 0 Å². The van der Waals surface area contributed by atoms with Crippen LogP contribution in [0.4, 0.5) is 11.5 Å². The lowest BCUT2D eigenvalue weighted by Gasteiger charge is -2.32. The third kappa shape index (κ3) is 3.73. The molecule has 3 aromatic heterocycles. The average molecular weight is 421 g/mol. The van der Waals surface area contributed by atoms with Gasteiger partial charge in [0.1, 0.15) is 12.7 Å². The van der Waals surface area contributed by atoms with E-state index in [0.29, 0.717) is 12.4 Å². The van der Waals surface area contributed by atoms with Gasteiger partial charge in [-0.25, -0.2) is 14.6 Å². The Morgan fingerprint density at radius 3 is 2.87 bits per heavy atom. The third-order valence-electron chi connectivity index (χ3n) is 5.17. The maximum Gasteiger partial charge on any atom is 0.229 e. The van der Waals surface area contributed by atoms with Crippen molar-refractivity contribution >= 4 is 39.0 Å². The molecular formula is C20H20N8OS. The van der Waals surface area contributed by atoms with E-state index in [0.717, 1.165) is 46.1 Å². The molecule has 1 atom stereocenters. The Kier molecular flexibility index (Phi) is 4.83. The molecule has 9 nitrogen and oxygen atoms in total. The Hall–Kier alpha value is -3.40. The molecule has 30 heavy (non-hydrogen) atoms. The number of aryl methyl sites for hydroxylation is 1. The highest BCUT2D eigenvalue weighted by Crippen LogP contribution is 2.26. The van der Waals surface area contributed by atoms with Crippen molar-refractivity contribution in [2.75, 3.05) is 23.3 Å². The zero-order valence-electron chi connectivity index (χ0n) is 16.4. The van der Waals surface area contributed by atoms with Crippen LogP contribution >= 0.6 is 11.3 Å². The van der Waals surface area contributed by atoms with E-state index in [9.17, 15) is 4.79 Å². The Morgan fingerprint density at radius 2 is 2.07 bits per heavy atom. The van der Waals surface area contributed by atoms with Crippen molar-refractivity contribution in [2.24, 2.45) is 5.92 Å². The number of fused-ring (bicyclic) bond motifs is 1. The van der Waals surface area contributed by atoms with Gasteiger partial charge in [0.25, 0.3) is 0 Å². The molecular weight excluding hydrogens is 400 g/mol. The second kappa shape index (κ2) is 7.79. The molecule has 1 aromatic carbocycles. The monoisotopic (exact) mass is 420 g/mol. The highest BCUT2D eigenvalue weighted by atomic mass is 32.1. The van der Waals surface area contributed by atoms with E-state index in [1.54, 1.807) is 22.3 Å². The number of hydrogen-bond acceptors (Lipinski definition) is 8. The molecule has 0 aliphatic carbocycles. The number of thiazole rings is 1. The van der Waals surface area contributed by atoms with Crippen LogP contribution in [0.3, 0.4) is 0 Å². The van der Waals surface area contributed by atoms with E-state index in [1.807, 2.05) is 37.3 Å². The van der Waals surface area contributed by atoms with Crippen LogP contribution in [-0.4, -0.2) is 48.9 Å². The van der Waals surface area contributed by atoms with Crippen LogP contribution in [-0.2, 0) is 4.79 Å². The summed E-state index contributed by atoms with van der Waals surface area (Å²) in [5, 5.41) is 16.7. The molecule has 0 radical (unpaired) electrons. The number of anilines is 2. The summed E-state index contributed by atoms with van der Waals surface area (Å²) in [4.78, 5) is 23.4. The first-order chi connectivity index (χ1) is 14.7. The minimum absolute atomic E-state index is 0.0261. The Bertz CT molecular complexity index is 1170. The van der Waals surface area contributed by atoms with Gasteiger partial charge >= 0.3 is 0 Å². The van der Waals surface area contributed by atoms with Crippen LogP contribution in [0.2, 0.25) is 0 Å². The number of carbonyl (C=O) groups is 1. The first-order valence-electron chi connectivity index (χ1n) is 9.77. The minimum Gasteiger partial charge on any atom is -0.354 e. The van der Waals surface area contributed by atoms with E-state index in [2.05, 4.69) is 35.5 Å². The molecule has 0 spiro atoms. The smallest absolute Gasteiger partial charge is 0.229 e. The van der Waals surface area contributed by atoms with E-state index in [-0.39, 0.29) is 11.8 Å². The molecule has 0 unspecified atom stereocenters. The van der Waals surface area contributed by atoms with Crippen LogP contribution in [0.1, 0.15) is 17.8 Å². The lowest BCUT2D eigenvalue weighted by atomic mass is 9.97. The van der Waals surface area contributed by atoms with Crippen molar-refractivity contribution in [2.45, 2.75) is 19.8 Å². The maximum atomic E-state index is 12.9. The number of nitrogens with one attached hydrogen (secondary N) is 1. The quantitative estimate of drug-likeness (QED) is 0.542. The summed E-state index contributed by atoms with van der Waals surface area (Å²) in [5.74, 6) is 1.28. The van der Waals surface area contributed by atoms with Gasteiger partial charge in [-0.2, -0.15) is 5.10 Å². The van der Waals surface area contributed by atoms with Gasteiger partial charge in [0.15, 0.2) is 11.6 Å². The van der Waals surface area contributed by atoms with Crippen LogP contribution in [0.25, 0.3) is 16.0 Å². The maximum absolute atomic E-state index is 12.9. The van der Waals surface area contributed by atoms with Crippen LogP contribution in [0.5, 0.6) is 0 Å². The van der Waals surface area contributed by atoms with E-state index < -0.39 is 0 Å². The summed E-state index contributed by atoms with van der Waals surface area (Å²) >= 11 is 1.65. The number of amides is 1. The molecule has 4 heterocycles. The lowest BCUT2D eigenvalue weighted by Crippen LogP contribution is -2.41. The number of rotatable bonds is 4. The van der Waals surface area contributed by atoms with Crippen LogP contribution < -0.4 is 10.2 Å². The average Bonchev–Trinajstić information content (AvgIpc) is 3.43. The summed E-state index contributed by atoms with van der Waals surface area (Å²) < 4.78 is 2.69. The molecule has 10 heteroatoms. The molecule has 1 aliphatic rings. The zero-order chi connectivity index (χ0) is 20.5. The Labute approximate surface area is 176 Å². The first-order valence-corrected chi connectivity index (χ1v) is 10.6. The lowest BCUT2D eigenvalue weighted by molar-refractivity contribution is -0.120. The number of hydrogen-bond donors (Lipinski definition) is 1. The first kappa shape index (κ1) is 18.6. The molecule has 4 aromatic rings. The number of aromatic nitrogens is 6. The predicted molar refractivity (Wildman–Crippen MR) is 115 cm³/mol. The second-order valence-corrected chi connectivity index (χ2v) is 8.51. The molecule has 1 saturated heterocycles. The number of carbonyl (C=O) groups excluding carboxylic acids is 1. The van der Waals surface area contributed by atoms with E-state index >= 15 is 0 Å². The molecule has 152 valence electrons. The minimum atomic E-state index is -0.108. The SMILES string of the molecule is Cc1nc2cc(NC(=O)[C@@H]3CCCN(c4ccc(-n5cncn5)nn4)C3)ccc2s1. The fourth-order valence-corrected chi connectivity index (χ4v) is 4.51. The molecule has 0 bridgehead atoms. The molecule has 1 N–H and O–H groups in total. The topological polar surface area (TPSA) is 102 Å². The number of benzene rings is 1. The van der Waals surface area contributed by atoms with Gasteiger partial charge in [-0.05, 0) is 50.1 Å². The summed E-state index contributed by atoms with van der Waals surface area (Å²) in [7, 11) is 0. The van der Waals surface area contributed by atoms with Crippen LogP contribution in [0, 0.1) is 12.8 Å². The Balaban J connectivity index is 1.26. The van der Waals surface area contributed by atoms with Crippen molar-refractivity contribution in [1.82, 2.24) is 29.9 Å². The van der Waals surface area contributed by atoms with Crippen molar-refractivity contribution in [3.63, 3.8) is 0 Å². The third-order valence-corrected chi connectivity index (χ3v) is 6.12. The molecule has 0 saturated carbocycles. The summed E-state index contributed by atoms with van der Waals surface area (Å²) in [6.45, 7) is 3.45. The van der Waals surface area contributed by atoms with E-state index in [1.165, 1.54) is 6.33 Å². The number of piperidine rings is 1. The van der Waals surface area contributed by atoms with Gasteiger partial charge in [0.2, 0.25) is 5.91 Å². The molecule has 1 aliphatic heterocycles. The van der Waals surface area contributed by atoms with Crippen molar-refractivity contribution in [1.29, 1.82) is 0 Å². The normalized spacial score (nSPS) is 16.7. The van der Waals surface area contributed by atoms with Crippen LogP contribution in [0.15, 0.2) is 43.0 Å². The molecule has 1 amide bonds. The van der Waals surface area contributed by atoms with Gasteiger partial charge in [-0.1, -0.05) is 0 Å². The Morgan fingerprint density at radius 1 is 1.20 bits per heavy atom. The van der Waals surface area contributed by atoms with Gasteiger partial charge in [0.05, 0.1) is 21.1 Å². The molecule has 5 rings (SSSR count). The van der Waals surface area contributed by atoms with Crippen molar-refractivity contribution in [3.8, 4) is 5.82 Å². The summed E-state index contributed by atoms with van der Waals surface area (Å²) in [6.07, 6.45) is 4.81. The van der Waals surface area contributed by atoms with Gasteiger partial charge in [-0.3, -0.25) is 4.79 Å².